The molecule has 2 aromatic rings. The van der Waals surface area contributed by atoms with Gasteiger partial charge in [-0.25, -0.2) is 21.6 Å². The normalized spacial score (nSPS) is 18.0. The van der Waals surface area contributed by atoms with Crippen molar-refractivity contribution in [2.75, 3.05) is 11.4 Å². The van der Waals surface area contributed by atoms with Crippen molar-refractivity contribution >= 4 is 21.6 Å². The summed E-state index contributed by atoms with van der Waals surface area (Å²) >= 11 is 0. The van der Waals surface area contributed by atoms with E-state index in [1.165, 1.54) is 24.3 Å². The number of nitrogens with one attached hydrogen (secondary N) is 1. The molecule has 1 amide bonds. The number of carbonyl (C=O) groups excluding carboxylic acids is 1. The summed E-state index contributed by atoms with van der Waals surface area (Å²) in [6, 6.07) is 6.97. The number of para-hydroxylation sites is 1. The molecule has 132 valence electrons. The van der Waals surface area contributed by atoms with Crippen molar-refractivity contribution in [2.24, 2.45) is 0 Å². The van der Waals surface area contributed by atoms with E-state index in [2.05, 4.69) is 0 Å². The molecule has 1 saturated heterocycles. The first-order chi connectivity index (χ1) is 11.8. The van der Waals surface area contributed by atoms with E-state index >= 15 is 0 Å². The maximum Gasteiger partial charge on any atom is 0.247 e. The van der Waals surface area contributed by atoms with Gasteiger partial charge in [0, 0.05) is 6.54 Å². The van der Waals surface area contributed by atoms with Crippen LogP contribution >= 0.6 is 0 Å². The van der Waals surface area contributed by atoms with Crippen LogP contribution in [0, 0.1) is 17.5 Å². The molecule has 9 heteroatoms. The molecule has 0 bridgehead atoms. The first-order valence-corrected chi connectivity index (χ1v) is 8.82. The van der Waals surface area contributed by atoms with Crippen molar-refractivity contribution in [3.05, 3.63) is 59.9 Å². The molecule has 0 aliphatic carbocycles. The second-order valence-electron chi connectivity index (χ2n) is 5.45. The van der Waals surface area contributed by atoms with Crippen LogP contribution in [0.2, 0.25) is 0 Å². The largest absolute Gasteiger partial charge is 0.308 e. The summed E-state index contributed by atoms with van der Waals surface area (Å²) in [5, 5.41) is 0. The van der Waals surface area contributed by atoms with E-state index in [9.17, 15) is 26.4 Å². The molecule has 1 atom stereocenters. The molecule has 0 spiro atoms. The van der Waals surface area contributed by atoms with Gasteiger partial charge in [-0.05, 0) is 30.7 Å². The molecular weight excluding hydrogens is 357 g/mol. The number of hydrogen-bond acceptors (Lipinski definition) is 3. The lowest BCUT2D eigenvalue weighted by Crippen LogP contribution is -2.42. The second kappa shape index (κ2) is 6.49. The van der Waals surface area contributed by atoms with E-state index in [0.717, 1.165) is 23.1 Å². The molecule has 25 heavy (non-hydrogen) atoms. The number of benzene rings is 2. The first kappa shape index (κ1) is 17.4. The number of amides is 1. The fourth-order valence-electron chi connectivity index (χ4n) is 2.68. The molecule has 5 nitrogen and oxygen atoms in total. The van der Waals surface area contributed by atoms with E-state index in [1.54, 1.807) is 0 Å². The Morgan fingerprint density at radius 1 is 0.960 bits per heavy atom. The summed E-state index contributed by atoms with van der Waals surface area (Å²) in [6.45, 7) is 0.0761. The zero-order chi connectivity index (χ0) is 18.2. The molecule has 1 aliphatic heterocycles. The predicted octanol–water partition coefficient (Wildman–Crippen LogP) is 2.19. The van der Waals surface area contributed by atoms with E-state index in [0.29, 0.717) is 0 Å². The van der Waals surface area contributed by atoms with Gasteiger partial charge in [0.2, 0.25) is 15.9 Å². The Bertz CT molecular complexity index is 914. The third-order valence-electron chi connectivity index (χ3n) is 3.83. The number of hydrogen-bond donors (Lipinski definition) is 1. The maximum atomic E-state index is 13.8. The Balaban J connectivity index is 1.85. The lowest BCUT2D eigenvalue weighted by Gasteiger charge is -2.18. The van der Waals surface area contributed by atoms with Gasteiger partial charge < -0.3 is 4.90 Å². The maximum absolute atomic E-state index is 13.8. The van der Waals surface area contributed by atoms with Crippen LogP contribution in [0.15, 0.2) is 47.4 Å². The summed E-state index contributed by atoms with van der Waals surface area (Å²) < 4.78 is 67.7. The SMILES string of the molecule is O=C1[C@@H](NS(=O)(=O)c2c(F)cccc2F)CCN1c1ccccc1F. The Hall–Kier alpha value is -2.39. The molecule has 0 aromatic heterocycles. The van der Waals surface area contributed by atoms with Crippen molar-refractivity contribution in [2.45, 2.75) is 17.4 Å². The van der Waals surface area contributed by atoms with Gasteiger partial charge in [-0.15, -0.1) is 0 Å². The van der Waals surface area contributed by atoms with Crippen LogP contribution in [0.3, 0.4) is 0 Å². The molecule has 1 fully saturated rings. The van der Waals surface area contributed by atoms with Crippen LogP contribution in [0.5, 0.6) is 0 Å². The highest BCUT2D eigenvalue weighted by Crippen LogP contribution is 2.26. The van der Waals surface area contributed by atoms with E-state index in [-0.39, 0.29) is 18.7 Å². The van der Waals surface area contributed by atoms with Gasteiger partial charge in [-0.3, -0.25) is 4.79 Å². The number of rotatable bonds is 4. The van der Waals surface area contributed by atoms with Gasteiger partial charge in [0.25, 0.3) is 0 Å². The van der Waals surface area contributed by atoms with Crippen molar-refractivity contribution in [3.8, 4) is 0 Å². The van der Waals surface area contributed by atoms with Crippen molar-refractivity contribution in [1.82, 2.24) is 4.72 Å². The average Bonchev–Trinajstić information content (AvgIpc) is 2.88. The zero-order valence-corrected chi connectivity index (χ0v) is 13.6. The highest BCUT2D eigenvalue weighted by atomic mass is 32.2. The zero-order valence-electron chi connectivity index (χ0n) is 12.7. The Morgan fingerprint density at radius 3 is 2.20 bits per heavy atom. The average molecular weight is 370 g/mol. The minimum absolute atomic E-state index is 0.0197. The highest BCUT2D eigenvalue weighted by molar-refractivity contribution is 7.89. The van der Waals surface area contributed by atoms with Crippen LogP contribution in [0.4, 0.5) is 18.9 Å². The van der Waals surface area contributed by atoms with E-state index in [4.69, 9.17) is 0 Å². The van der Waals surface area contributed by atoms with Gasteiger partial charge >= 0.3 is 0 Å². The van der Waals surface area contributed by atoms with Crippen molar-refractivity contribution < 1.29 is 26.4 Å². The molecule has 0 saturated carbocycles. The molecular formula is C16H13F3N2O3S. The van der Waals surface area contributed by atoms with Gasteiger partial charge in [-0.1, -0.05) is 18.2 Å². The Labute approximate surface area is 142 Å². The molecule has 1 N–H and O–H groups in total. The van der Waals surface area contributed by atoms with Crippen LogP contribution in [0.25, 0.3) is 0 Å². The smallest absolute Gasteiger partial charge is 0.247 e. The second-order valence-corrected chi connectivity index (χ2v) is 7.11. The lowest BCUT2D eigenvalue weighted by molar-refractivity contribution is -0.118. The molecule has 1 heterocycles. The lowest BCUT2D eigenvalue weighted by atomic mass is 10.2. The third kappa shape index (κ3) is 3.24. The summed E-state index contributed by atoms with van der Waals surface area (Å²) in [5.41, 5.74) is 0.0197. The Morgan fingerprint density at radius 2 is 1.56 bits per heavy atom. The number of carbonyl (C=O) groups is 1. The summed E-state index contributed by atoms with van der Waals surface area (Å²) in [4.78, 5) is 12.3. The summed E-state index contributed by atoms with van der Waals surface area (Å²) in [5.74, 6) is -3.84. The number of halogens is 3. The minimum Gasteiger partial charge on any atom is -0.308 e. The molecule has 3 rings (SSSR count). The standard InChI is InChI=1S/C16H13F3N2O3S/c17-10-4-1-2-7-14(10)21-9-8-13(16(21)22)20-25(23,24)15-11(18)5-3-6-12(15)19/h1-7,13,20H,8-9H2/t13-/m0/s1. The first-order valence-electron chi connectivity index (χ1n) is 7.33. The van der Waals surface area contributed by atoms with Crippen molar-refractivity contribution in [1.29, 1.82) is 0 Å². The van der Waals surface area contributed by atoms with Crippen LogP contribution in [-0.4, -0.2) is 26.9 Å². The van der Waals surface area contributed by atoms with Crippen LogP contribution < -0.4 is 9.62 Å². The van der Waals surface area contributed by atoms with Crippen molar-refractivity contribution in [3.63, 3.8) is 0 Å². The fraction of sp³-hybridized carbons (Fsp3) is 0.188. The summed E-state index contributed by atoms with van der Waals surface area (Å²) in [7, 11) is -4.59. The van der Waals surface area contributed by atoms with Gasteiger partial charge in [0.15, 0.2) is 4.90 Å². The van der Waals surface area contributed by atoms with Crippen LogP contribution in [-0.2, 0) is 14.8 Å². The predicted molar refractivity (Wildman–Crippen MR) is 83.8 cm³/mol. The van der Waals surface area contributed by atoms with E-state index in [1.807, 2.05) is 4.72 Å². The number of nitrogens with zero attached hydrogens (tertiary/aromatic N) is 1. The van der Waals surface area contributed by atoms with Crippen LogP contribution in [0.1, 0.15) is 6.42 Å². The Kier molecular flexibility index (Phi) is 4.53. The van der Waals surface area contributed by atoms with Gasteiger partial charge in [0.1, 0.15) is 23.5 Å². The number of sulfonamides is 1. The number of anilines is 1. The quantitative estimate of drug-likeness (QED) is 0.897. The molecule has 0 radical (unpaired) electrons. The summed E-state index contributed by atoms with van der Waals surface area (Å²) in [6.07, 6.45) is 0.0441. The highest BCUT2D eigenvalue weighted by Gasteiger charge is 2.37. The topological polar surface area (TPSA) is 66.5 Å². The van der Waals surface area contributed by atoms with Gasteiger partial charge in [0.05, 0.1) is 5.69 Å². The fourth-order valence-corrected chi connectivity index (χ4v) is 4.05. The van der Waals surface area contributed by atoms with E-state index < -0.39 is 44.3 Å². The monoisotopic (exact) mass is 370 g/mol. The molecule has 1 aliphatic rings. The third-order valence-corrected chi connectivity index (χ3v) is 5.36. The van der Waals surface area contributed by atoms with Gasteiger partial charge in [-0.2, -0.15) is 4.72 Å². The molecule has 0 unspecified atom stereocenters. The molecule has 2 aromatic carbocycles. The minimum atomic E-state index is -4.59.